The van der Waals surface area contributed by atoms with Gasteiger partial charge in [-0.1, -0.05) is 24.4 Å². The molecule has 0 unspecified atom stereocenters. The van der Waals surface area contributed by atoms with Crippen molar-refractivity contribution in [1.29, 1.82) is 0 Å². The molecule has 0 saturated heterocycles. The lowest BCUT2D eigenvalue weighted by molar-refractivity contribution is -0.147. The number of rotatable bonds is 6. The molecular weight excluding hydrogens is 452 g/mol. The van der Waals surface area contributed by atoms with E-state index < -0.39 is 6.16 Å². The summed E-state index contributed by atoms with van der Waals surface area (Å²) in [6, 6.07) is 0.464. The van der Waals surface area contributed by atoms with Gasteiger partial charge in [-0.2, -0.15) is 5.10 Å². The Hall–Kier alpha value is -3.37. The molecule has 11 nitrogen and oxygen atoms in total. The number of hydrogen-bond acceptors (Lipinski definition) is 7. The highest BCUT2D eigenvalue weighted by Crippen LogP contribution is 2.48. The van der Waals surface area contributed by atoms with Gasteiger partial charge in [-0.25, -0.2) is 14.5 Å². The third kappa shape index (κ3) is 5.33. The van der Waals surface area contributed by atoms with Crippen LogP contribution < -0.4 is 10.6 Å². The predicted octanol–water partition coefficient (Wildman–Crippen LogP) is 3.83. The first kappa shape index (κ1) is 24.7. The van der Waals surface area contributed by atoms with Crippen LogP contribution in [0.25, 0.3) is 11.0 Å². The van der Waals surface area contributed by atoms with Crippen molar-refractivity contribution >= 4 is 34.5 Å². The summed E-state index contributed by atoms with van der Waals surface area (Å²) >= 11 is 0. The van der Waals surface area contributed by atoms with Gasteiger partial charge in [0.2, 0.25) is 5.91 Å². The number of carbonyl (C=O) groups is 2. The number of carbonyl (C=O) groups excluding carboxylic acids is 1. The molecule has 0 atom stereocenters. The van der Waals surface area contributed by atoms with Gasteiger partial charge in [-0.3, -0.25) is 4.79 Å². The van der Waals surface area contributed by atoms with Crippen LogP contribution in [0, 0.1) is 5.92 Å². The zero-order chi connectivity index (χ0) is 25.0. The monoisotopic (exact) mass is 486 g/mol. The average molecular weight is 487 g/mol. The van der Waals surface area contributed by atoms with Crippen LogP contribution in [0.2, 0.25) is 0 Å². The summed E-state index contributed by atoms with van der Waals surface area (Å²) < 4.78 is 1.93. The van der Waals surface area contributed by atoms with Gasteiger partial charge < -0.3 is 25.7 Å². The van der Waals surface area contributed by atoms with Crippen molar-refractivity contribution in [1.82, 2.24) is 20.1 Å². The lowest BCUT2D eigenvalue weighted by Crippen LogP contribution is -2.50. The number of aryl methyl sites for hydroxylation is 1. The van der Waals surface area contributed by atoms with Gasteiger partial charge in [0, 0.05) is 56.1 Å². The fourth-order valence-corrected chi connectivity index (χ4v) is 5.31. The fraction of sp³-hybridized carbons (Fsp3) is 0.625. The minimum absolute atomic E-state index is 0.0257. The average Bonchev–Trinajstić information content (AvgIpc) is 3.44. The number of carboxylic acid groups (broad SMARTS) is 2. The largest absolute Gasteiger partial charge is 0.503 e. The molecule has 1 aliphatic heterocycles. The lowest BCUT2D eigenvalue weighted by Gasteiger charge is -2.41. The number of pyridine rings is 1. The molecule has 0 aromatic carbocycles. The summed E-state index contributed by atoms with van der Waals surface area (Å²) in [5.74, 6) is 0.151. The Labute approximate surface area is 203 Å². The summed E-state index contributed by atoms with van der Waals surface area (Å²) in [4.78, 5) is 31.3. The second-order valence-electron chi connectivity index (χ2n) is 9.50. The van der Waals surface area contributed by atoms with Crippen LogP contribution in [0.1, 0.15) is 70.8 Å². The maximum Gasteiger partial charge on any atom is 0.503 e. The summed E-state index contributed by atoms with van der Waals surface area (Å²) in [7, 11) is 0. The quantitative estimate of drug-likeness (QED) is 0.481. The fourth-order valence-electron chi connectivity index (χ4n) is 5.31. The summed E-state index contributed by atoms with van der Waals surface area (Å²) in [5.41, 5.74) is 3.57. The SMILES string of the molecule is CCNC(=O)C1CC2(CC(c3cnc4c(cnn4CC)c3NC3CCCCC3)=NO2)C1.O=C(O)O. The van der Waals surface area contributed by atoms with Crippen molar-refractivity contribution in [2.45, 2.75) is 83.4 Å². The number of nitrogens with zero attached hydrogens (tertiary/aromatic N) is 4. The van der Waals surface area contributed by atoms with E-state index in [1.165, 1.54) is 32.1 Å². The maximum atomic E-state index is 12.1. The third-order valence-corrected chi connectivity index (χ3v) is 7.03. The van der Waals surface area contributed by atoms with E-state index in [1.54, 1.807) is 0 Å². The molecule has 4 N–H and O–H groups in total. The number of hydrogen-bond donors (Lipinski definition) is 4. The molecule has 5 rings (SSSR count). The Morgan fingerprint density at radius 3 is 2.54 bits per heavy atom. The zero-order valence-corrected chi connectivity index (χ0v) is 20.3. The number of oxime groups is 1. The van der Waals surface area contributed by atoms with E-state index in [0.717, 1.165) is 53.8 Å². The molecule has 1 amide bonds. The number of aromatic nitrogens is 3. The van der Waals surface area contributed by atoms with E-state index in [9.17, 15) is 4.79 Å². The molecule has 2 aromatic rings. The van der Waals surface area contributed by atoms with Crippen LogP contribution in [0.15, 0.2) is 17.5 Å². The number of fused-ring (bicyclic) bond motifs is 1. The van der Waals surface area contributed by atoms with Crippen LogP contribution >= 0.6 is 0 Å². The third-order valence-electron chi connectivity index (χ3n) is 7.03. The van der Waals surface area contributed by atoms with Crippen LogP contribution in [0.4, 0.5) is 10.5 Å². The number of nitrogens with one attached hydrogen (secondary N) is 2. The van der Waals surface area contributed by atoms with Gasteiger partial charge in [0.25, 0.3) is 0 Å². The zero-order valence-electron chi connectivity index (χ0n) is 20.3. The Bertz CT molecular complexity index is 1100. The Balaban J connectivity index is 0.000000672. The minimum atomic E-state index is -1.83. The molecule has 2 aliphatic carbocycles. The van der Waals surface area contributed by atoms with Crippen molar-refractivity contribution in [2.75, 3.05) is 11.9 Å². The molecule has 0 radical (unpaired) electrons. The van der Waals surface area contributed by atoms with E-state index in [1.807, 2.05) is 24.0 Å². The molecule has 190 valence electrons. The smallest absolute Gasteiger partial charge is 0.450 e. The first-order valence-electron chi connectivity index (χ1n) is 12.4. The highest BCUT2D eigenvalue weighted by molar-refractivity contribution is 6.11. The minimum Gasteiger partial charge on any atom is -0.450 e. The second kappa shape index (κ2) is 10.5. The lowest BCUT2D eigenvalue weighted by atomic mass is 9.68. The first-order valence-corrected chi connectivity index (χ1v) is 12.4. The normalized spacial score (nSPS) is 23.6. The van der Waals surface area contributed by atoms with E-state index in [0.29, 0.717) is 12.6 Å². The topological polar surface area (TPSA) is 151 Å². The van der Waals surface area contributed by atoms with Crippen LogP contribution in [-0.2, 0) is 16.2 Å². The van der Waals surface area contributed by atoms with Gasteiger partial charge >= 0.3 is 6.16 Å². The van der Waals surface area contributed by atoms with Crippen molar-refractivity contribution in [3.8, 4) is 0 Å². The first-order chi connectivity index (χ1) is 16.9. The van der Waals surface area contributed by atoms with Crippen LogP contribution in [0.5, 0.6) is 0 Å². The molecular formula is C24H34N6O5. The molecule has 2 fully saturated rings. The summed E-state index contributed by atoms with van der Waals surface area (Å²) in [6.07, 6.45) is 10.4. The Morgan fingerprint density at radius 2 is 1.89 bits per heavy atom. The summed E-state index contributed by atoms with van der Waals surface area (Å²) in [6.45, 7) is 5.48. The molecule has 1 spiro atoms. The Kier molecular flexibility index (Phi) is 7.42. The summed E-state index contributed by atoms with van der Waals surface area (Å²) in [5, 5.41) is 30.7. The highest BCUT2D eigenvalue weighted by atomic mass is 16.7. The molecule has 11 heteroatoms. The maximum absolute atomic E-state index is 12.1. The van der Waals surface area contributed by atoms with E-state index in [-0.39, 0.29) is 17.4 Å². The molecule has 3 heterocycles. The second-order valence-corrected chi connectivity index (χ2v) is 9.50. The highest BCUT2D eigenvalue weighted by Gasteiger charge is 2.53. The van der Waals surface area contributed by atoms with E-state index in [2.05, 4.69) is 27.8 Å². The van der Waals surface area contributed by atoms with Crippen molar-refractivity contribution in [3.05, 3.63) is 18.0 Å². The van der Waals surface area contributed by atoms with Crippen LogP contribution in [0.3, 0.4) is 0 Å². The Morgan fingerprint density at radius 1 is 1.17 bits per heavy atom. The van der Waals surface area contributed by atoms with Gasteiger partial charge in [-0.05, 0) is 26.7 Å². The van der Waals surface area contributed by atoms with Crippen molar-refractivity contribution in [3.63, 3.8) is 0 Å². The standard InChI is InChI=1S/C23H32N6O2.CH2O3/c1-3-24-22(30)15-10-23(11-15)12-19(28-31-23)17-13-25-21-18(14-26-29(21)4-2)20(17)27-16-8-6-5-7-9-16;2-1(3)4/h13-16H,3-12H2,1-2H3,(H,24,30)(H,25,27);(H2,2,3,4). The van der Waals surface area contributed by atoms with Crippen LogP contribution in [-0.4, -0.2) is 60.9 Å². The predicted molar refractivity (Wildman–Crippen MR) is 131 cm³/mol. The molecule has 2 saturated carbocycles. The number of anilines is 1. The van der Waals surface area contributed by atoms with Gasteiger partial charge in [0.1, 0.15) is 5.60 Å². The molecule has 3 aliphatic rings. The van der Waals surface area contributed by atoms with Gasteiger partial charge in [0.05, 0.1) is 23.0 Å². The molecule has 2 aromatic heterocycles. The van der Waals surface area contributed by atoms with E-state index in [4.69, 9.17) is 24.8 Å². The molecule has 35 heavy (non-hydrogen) atoms. The number of amides is 1. The van der Waals surface area contributed by atoms with Gasteiger partial charge in [0.15, 0.2) is 5.65 Å². The van der Waals surface area contributed by atoms with Crippen molar-refractivity contribution in [2.24, 2.45) is 11.1 Å². The van der Waals surface area contributed by atoms with Gasteiger partial charge in [-0.15, -0.1) is 0 Å². The molecule has 0 bridgehead atoms. The van der Waals surface area contributed by atoms with E-state index >= 15 is 0 Å². The van der Waals surface area contributed by atoms with Crippen molar-refractivity contribution < 1.29 is 24.6 Å².